The summed E-state index contributed by atoms with van der Waals surface area (Å²) >= 11 is 1.31. The zero-order chi connectivity index (χ0) is 22.2. The minimum Gasteiger partial charge on any atom is -0.486 e. The molecule has 1 aliphatic heterocycles. The number of carbonyl (C=O) groups is 1. The van der Waals surface area contributed by atoms with Gasteiger partial charge in [0.25, 0.3) is 5.56 Å². The number of carbonyl (C=O) groups excluding carboxylic acids is 1. The molecule has 0 unspecified atom stereocenters. The summed E-state index contributed by atoms with van der Waals surface area (Å²) in [6.07, 6.45) is 0. The number of rotatable bonds is 4. The van der Waals surface area contributed by atoms with Gasteiger partial charge in [-0.1, -0.05) is 18.2 Å². The van der Waals surface area contributed by atoms with Gasteiger partial charge in [0, 0.05) is 16.6 Å². The number of hydrogen-bond acceptors (Lipinski definition) is 6. The Kier molecular flexibility index (Phi) is 5.02. The molecule has 5 rings (SSSR count). The molecule has 8 nitrogen and oxygen atoms in total. The van der Waals surface area contributed by atoms with Crippen molar-refractivity contribution < 1.29 is 14.3 Å². The van der Waals surface area contributed by atoms with Gasteiger partial charge in [-0.15, -0.1) is 11.3 Å². The highest BCUT2D eigenvalue weighted by Crippen LogP contribution is 2.32. The smallest absolute Gasteiger partial charge is 0.337 e. The average Bonchev–Trinajstić information content (AvgIpc) is 3.19. The molecule has 4 aromatic rings. The highest BCUT2D eigenvalue weighted by atomic mass is 32.1. The number of nitrogens with zero attached hydrogens (tertiary/aromatic N) is 2. The highest BCUT2D eigenvalue weighted by Gasteiger charge is 2.19. The third kappa shape index (κ3) is 3.56. The standard InChI is InChI=1S/C23H19N3O5S/c1-14-11-17-21(28)26(16-5-3-2-4-6-16)23(29)25(22(17)32-14)13-20(27)24-15-7-8-18-19(12-15)31-10-9-30-18/h2-8,11-12H,9-10,13H2,1H3,(H,24,27). The van der Waals surface area contributed by atoms with Crippen molar-refractivity contribution in [2.45, 2.75) is 13.5 Å². The molecule has 2 aromatic carbocycles. The van der Waals surface area contributed by atoms with Gasteiger partial charge >= 0.3 is 5.69 Å². The van der Waals surface area contributed by atoms with Gasteiger partial charge in [-0.25, -0.2) is 9.36 Å². The zero-order valence-electron chi connectivity index (χ0n) is 17.2. The molecule has 1 amide bonds. The van der Waals surface area contributed by atoms with Crippen molar-refractivity contribution >= 4 is 33.1 Å². The lowest BCUT2D eigenvalue weighted by atomic mass is 10.2. The normalized spacial score (nSPS) is 12.7. The summed E-state index contributed by atoms with van der Waals surface area (Å²) in [5, 5.41) is 3.20. The molecule has 32 heavy (non-hydrogen) atoms. The van der Waals surface area contributed by atoms with Crippen molar-refractivity contribution in [3.8, 4) is 17.2 Å². The summed E-state index contributed by atoms with van der Waals surface area (Å²) in [4.78, 5) is 40.6. The molecule has 9 heteroatoms. The zero-order valence-corrected chi connectivity index (χ0v) is 18.0. The van der Waals surface area contributed by atoms with Crippen molar-refractivity contribution in [3.63, 3.8) is 0 Å². The second kappa shape index (κ2) is 8.01. The van der Waals surface area contributed by atoms with E-state index in [0.717, 1.165) is 9.44 Å². The topological polar surface area (TPSA) is 91.6 Å². The van der Waals surface area contributed by atoms with E-state index < -0.39 is 17.2 Å². The van der Waals surface area contributed by atoms with E-state index in [9.17, 15) is 14.4 Å². The lowest BCUT2D eigenvalue weighted by molar-refractivity contribution is -0.116. The quantitative estimate of drug-likeness (QED) is 0.517. The Morgan fingerprint density at radius 1 is 1.03 bits per heavy atom. The minimum atomic E-state index is -0.562. The first-order valence-corrected chi connectivity index (χ1v) is 10.8. The van der Waals surface area contributed by atoms with Crippen LogP contribution < -0.4 is 26.0 Å². The molecule has 0 bridgehead atoms. The molecule has 0 fully saturated rings. The lowest BCUT2D eigenvalue weighted by Crippen LogP contribution is -2.40. The predicted molar refractivity (Wildman–Crippen MR) is 122 cm³/mol. The van der Waals surface area contributed by atoms with E-state index in [4.69, 9.17) is 9.47 Å². The number of benzene rings is 2. The van der Waals surface area contributed by atoms with Crippen LogP contribution in [-0.4, -0.2) is 28.3 Å². The minimum absolute atomic E-state index is 0.239. The number of fused-ring (bicyclic) bond motifs is 2. The van der Waals surface area contributed by atoms with E-state index in [1.807, 2.05) is 6.92 Å². The van der Waals surface area contributed by atoms with Crippen LogP contribution in [0.1, 0.15) is 4.88 Å². The van der Waals surface area contributed by atoms with E-state index in [1.54, 1.807) is 54.6 Å². The van der Waals surface area contributed by atoms with Crippen molar-refractivity contribution in [2.24, 2.45) is 0 Å². The van der Waals surface area contributed by atoms with Gasteiger partial charge in [-0.3, -0.25) is 14.2 Å². The SMILES string of the molecule is Cc1cc2c(=O)n(-c3ccccc3)c(=O)n(CC(=O)Nc3ccc4c(c3)OCCO4)c2s1. The third-order valence-electron chi connectivity index (χ3n) is 5.08. The number of ether oxygens (including phenoxy) is 2. The first-order valence-electron chi connectivity index (χ1n) is 10.0. The Bertz CT molecular complexity index is 1450. The molecule has 162 valence electrons. The number of anilines is 1. The Morgan fingerprint density at radius 2 is 1.78 bits per heavy atom. The van der Waals surface area contributed by atoms with Crippen LogP contribution in [0.3, 0.4) is 0 Å². The van der Waals surface area contributed by atoms with E-state index in [-0.39, 0.29) is 6.54 Å². The fourth-order valence-electron chi connectivity index (χ4n) is 3.68. The van der Waals surface area contributed by atoms with Crippen LogP contribution in [0.4, 0.5) is 5.69 Å². The summed E-state index contributed by atoms with van der Waals surface area (Å²) in [6, 6.07) is 15.6. The molecule has 2 aromatic heterocycles. The average molecular weight is 449 g/mol. The first kappa shape index (κ1) is 20.1. The van der Waals surface area contributed by atoms with Crippen molar-refractivity contribution in [3.05, 3.63) is 80.3 Å². The lowest BCUT2D eigenvalue weighted by Gasteiger charge is -2.19. The van der Waals surface area contributed by atoms with Gasteiger partial charge in [0.1, 0.15) is 24.6 Å². The van der Waals surface area contributed by atoms with Crippen LogP contribution in [0, 0.1) is 6.92 Å². The van der Waals surface area contributed by atoms with Gasteiger partial charge in [0.2, 0.25) is 5.91 Å². The van der Waals surface area contributed by atoms with Crippen LogP contribution in [-0.2, 0) is 11.3 Å². The summed E-state index contributed by atoms with van der Waals surface area (Å²) < 4.78 is 13.5. The van der Waals surface area contributed by atoms with Crippen LogP contribution in [0.2, 0.25) is 0 Å². The summed E-state index contributed by atoms with van der Waals surface area (Å²) in [7, 11) is 0. The molecule has 0 radical (unpaired) electrons. The molecule has 1 aliphatic rings. The van der Waals surface area contributed by atoms with Crippen LogP contribution in [0.25, 0.3) is 15.9 Å². The number of thiophene rings is 1. The maximum atomic E-state index is 13.3. The summed E-state index contributed by atoms with van der Waals surface area (Å²) in [5.74, 6) is 0.783. The van der Waals surface area contributed by atoms with Gasteiger partial charge in [0.15, 0.2) is 11.5 Å². The molecule has 0 aliphatic carbocycles. The maximum Gasteiger partial charge on any atom is 0.337 e. The predicted octanol–water partition coefficient (Wildman–Crippen LogP) is 2.93. The number of para-hydroxylation sites is 1. The number of nitrogens with one attached hydrogen (secondary N) is 1. The molecule has 0 atom stereocenters. The number of hydrogen-bond donors (Lipinski definition) is 1. The van der Waals surface area contributed by atoms with Crippen LogP contribution in [0.5, 0.6) is 11.5 Å². The first-order chi connectivity index (χ1) is 15.5. The molecule has 0 spiro atoms. The molecular weight excluding hydrogens is 430 g/mol. The molecule has 0 saturated carbocycles. The van der Waals surface area contributed by atoms with Gasteiger partial charge in [0.05, 0.1) is 11.1 Å². The van der Waals surface area contributed by atoms with Gasteiger partial charge in [-0.2, -0.15) is 0 Å². The van der Waals surface area contributed by atoms with E-state index >= 15 is 0 Å². The van der Waals surface area contributed by atoms with Crippen molar-refractivity contribution in [2.75, 3.05) is 18.5 Å². The van der Waals surface area contributed by atoms with Crippen molar-refractivity contribution in [1.29, 1.82) is 0 Å². The van der Waals surface area contributed by atoms with Crippen LogP contribution >= 0.6 is 11.3 Å². The van der Waals surface area contributed by atoms with Gasteiger partial charge < -0.3 is 14.8 Å². The fraction of sp³-hybridized carbons (Fsp3) is 0.174. The molecular formula is C23H19N3O5S. The number of aromatic nitrogens is 2. The Morgan fingerprint density at radius 3 is 2.56 bits per heavy atom. The largest absolute Gasteiger partial charge is 0.486 e. The second-order valence-electron chi connectivity index (χ2n) is 7.33. The van der Waals surface area contributed by atoms with E-state index in [1.165, 1.54) is 15.9 Å². The van der Waals surface area contributed by atoms with E-state index in [2.05, 4.69) is 5.32 Å². The fourth-order valence-corrected chi connectivity index (χ4v) is 4.67. The monoisotopic (exact) mass is 449 g/mol. The molecule has 1 N–H and O–H groups in total. The van der Waals surface area contributed by atoms with Gasteiger partial charge in [-0.05, 0) is 37.3 Å². The Hall–Kier alpha value is -3.85. The Balaban J connectivity index is 1.53. The third-order valence-corrected chi connectivity index (χ3v) is 6.15. The summed E-state index contributed by atoms with van der Waals surface area (Å²) in [6.45, 7) is 2.55. The maximum absolute atomic E-state index is 13.3. The van der Waals surface area contributed by atoms with E-state index in [0.29, 0.717) is 46.3 Å². The van der Waals surface area contributed by atoms with Crippen molar-refractivity contribution in [1.82, 2.24) is 9.13 Å². The van der Waals surface area contributed by atoms with Crippen LogP contribution in [0.15, 0.2) is 64.2 Å². The number of amides is 1. The number of aryl methyl sites for hydroxylation is 1. The second-order valence-corrected chi connectivity index (χ2v) is 8.56. The molecule has 0 saturated heterocycles. The molecule has 3 heterocycles. The highest BCUT2D eigenvalue weighted by molar-refractivity contribution is 7.18. The Labute approximate surface area is 186 Å². The summed E-state index contributed by atoms with van der Waals surface area (Å²) in [5.41, 5.74) is 0.0217.